The Hall–Kier alpha value is -1.78. The van der Waals surface area contributed by atoms with Gasteiger partial charge in [-0.2, -0.15) is 0 Å². The van der Waals surface area contributed by atoms with Crippen LogP contribution in [0, 0.1) is 0 Å². The van der Waals surface area contributed by atoms with E-state index in [-0.39, 0.29) is 0 Å². The van der Waals surface area contributed by atoms with Crippen molar-refractivity contribution in [2.45, 2.75) is 50.4 Å². The molecule has 0 amide bonds. The molecule has 2 heterocycles. The first-order valence-electron chi connectivity index (χ1n) is 8.89. The summed E-state index contributed by atoms with van der Waals surface area (Å²) in [4.78, 5) is 4.39. The van der Waals surface area contributed by atoms with Crippen LogP contribution in [0.1, 0.15) is 49.8 Å². The molecule has 1 fully saturated rings. The lowest BCUT2D eigenvalue weighted by atomic mass is 9.81. The normalized spacial score (nSPS) is 28.1. The van der Waals surface area contributed by atoms with Gasteiger partial charge < -0.3 is 14.8 Å². The van der Waals surface area contributed by atoms with Crippen LogP contribution in [0.4, 0.5) is 0 Å². The van der Waals surface area contributed by atoms with E-state index in [0.717, 1.165) is 17.2 Å². The van der Waals surface area contributed by atoms with E-state index in [1.807, 2.05) is 32.2 Å². The third-order valence-corrected chi connectivity index (χ3v) is 5.60. The molecule has 1 aromatic carbocycles. The molecule has 1 aliphatic heterocycles. The molecule has 2 aliphatic rings. The zero-order valence-electron chi connectivity index (χ0n) is 14.6. The van der Waals surface area contributed by atoms with Crippen molar-refractivity contribution in [2.24, 2.45) is 0 Å². The Morgan fingerprint density at radius 2 is 1.92 bits per heavy atom. The van der Waals surface area contributed by atoms with Crippen LogP contribution in [-0.4, -0.2) is 18.1 Å². The predicted octanol–water partition coefficient (Wildman–Crippen LogP) is 4.62. The third kappa shape index (κ3) is 3.09. The highest BCUT2D eigenvalue weighted by molar-refractivity contribution is 6.30. The molecule has 1 atom stereocenters. The van der Waals surface area contributed by atoms with E-state index in [1.54, 1.807) is 6.20 Å². The van der Waals surface area contributed by atoms with E-state index >= 15 is 0 Å². The van der Waals surface area contributed by atoms with E-state index in [9.17, 15) is 0 Å². The van der Waals surface area contributed by atoms with Gasteiger partial charge in [-0.3, -0.25) is 4.98 Å². The summed E-state index contributed by atoms with van der Waals surface area (Å²) in [6, 6.07) is 10.5. The maximum Gasteiger partial charge on any atom is 0.292 e. The van der Waals surface area contributed by atoms with Gasteiger partial charge in [0.25, 0.3) is 5.79 Å². The van der Waals surface area contributed by atoms with Crippen LogP contribution in [0.25, 0.3) is 0 Å². The lowest BCUT2D eigenvalue weighted by Gasteiger charge is -2.29. The second kappa shape index (κ2) is 6.50. The van der Waals surface area contributed by atoms with Crippen molar-refractivity contribution in [2.75, 3.05) is 7.05 Å². The largest absolute Gasteiger partial charge is 0.443 e. The zero-order chi connectivity index (χ0) is 17.4. The van der Waals surface area contributed by atoms with Gasteiger partial charge in [0, 0.05) is 24.7 Å². The minimum Gasteiger partial charge on any atom is -0.443 e. The number of fused-ring (bicyclic) bond motifs is 1. The van der Waals surface area contributed by atoms with E-state index in [0.29, 0.717) is 17.0 Å². The maximum absolute atomic E-state index is 6.31. The number of ether oxygens (including phenoxy) is 2. The second-order valence-corrected chi connectivity index (χ2v) is 7.46. The summed E-state index contributed by atoms with van der Waals surface area (Å²) in [5, 5.41) is 3.99. The number of rotatable bonds is 3. The van der Waals surface area contributed by atoms with Crippen LogP contribution < -0.4 is 14.8 Å². The van der Waals surface area contributed by atoms with Gasteiger partial charge in [-0.1, -0.05) is 23.7 Å². The molecular weight excluding hydrogens is 336 g/mol. The molecule has 5 heteroatoms. The van der Waals surface area contributed by atoms with Gasteiger partial charge >= 0.3 is 0 Å². The summed E-state index contributed by atoms with van der Waals surface area (Å²) in [6.07, 6.45) is 6.35. The number of pyridine rings is 1. The summed E-state index contributed by atoms with van der Waals surface area (Å²) in [6.45, 7) is 1.91. The average molecular weight is 359 g/mol. The Labute approximate surface area is 153 Å². The summed E-state index contributed by atoms with van der Waals surface area (Å²) < 4.78 is 12.5. The number of hydrogen-bond acceptors (Lipinski definition) is 4. The van der Waals surface area contributed by atoms with Crippen molar-refractivity contribution in [3.8, 4) is 11.5 Å². The molecule has 0 bridgehead atoms. The monoisotopic (exact) mass is 358 g/mol. The van der Waals surface area contributed by atoms with Crippen LogP contribution in [0.15, 0.2) is 36.5 Å². The first-order valence-corrected chi connectivity index (χ1v) is 9.27. The van der Waals surface area contributed by atoms with Crippen molar-refractivity contribution in [3.05, 3.63) is 52.8 Å². The van der Waals surface area contributed by atoms with Gasteiger partial charge in [0.1, 0.15) is 5.69 Å². The second-order valence-electron chi connectivity index (χ2n) is 7.02. The number of nitrogens with one attached hydrogen (secondary N) is 1. The Kier molecular flexibility index (Phi) is 4.34. The molecule has 1 aromatic heterocycles. The van der Waals surface area contributed by atoms with Crippen LogP contribution in [-0.2, 0) is 5.79 Å². The summed E-state index contributed by atoms with van der Waals surface area (Å²) in [5.74, 6) is 1.27. The number of hydrogen-bond donors (Lipinski definition) is 1. The number of nitrogens with zero attached hydrogens (tertiary/aromatic N) is 1. The Bertz CT molecular complexity index is 757. The maximum atomic E-state index is 6.31. The molecule has 4 rings (SSSR count). The summed E-state index contributed by atoms with van der Waals surface area (Å²) >= 11 is 5.95. The first-order chi connectivity index (χ1) is 12.1. The lowest BCUT2D eigenvalue weighted by molar-refractivity contribution is -0.0722. The highest BCUT2D eigenvalue weighted by Gasteiger charge is 2.42. The predicted molar refractivity (Wildman–Crippen MR) is 98.4 cm³/mol. The van der Waals surface area contributed by atoms with Gasteiger partial charge in [-0.15, -0.1) is 0 Å². The molecule has 0 unspecified atom stereocenters. The van der Waals surface area contributed by atoms with E-state index < -0.39 is 5.79 Å². The third-order valence-electron chi connectivity index (χ3n) is 5.38. The molecule has 132 valence electrons. The SMILES string of the molecule is CNC1CCC(c2cccc3c2O[C@@](C)(c2ccc(Cl)cn2)O3)CC1. The molecule has 25 heavy (non-hydrogen) atoms. The summed E-state index contributed by atoms with van der Waals surface area (Å²) in [5.41, 5.74) is 1.97. The fraction of sp³-hybridized carbons (Fsp3) is 0.450. The quantitative estimate of drug-likeness (QED) is 0.869. The zero-order valence-corrected chi connectivity index (χ0v) is 15.3. The van der Waals surface area contributed by atoms with Crippen LogP contribution in [0.2, 0.25) is 5.02 Å². The Morgan fingerprint density at radius 1 is 1.12 bits per heavy atom. The highest BCUT2D eigenvalue weighted by Crippen LogP contribution is 2.49. The first kappa shape index (κ1) is 16.7. The van der Waals surface area contributed by atoms with Crippen molar-refractivity contribution in [1.82, 2.24) is 10.3 Å². The molecule has 0 radical (unpaired) electrons. The number of para-hydroxylation sites is 1. The topological polar surface area (TPSA) is 43.4 Å². The molecule has 0 spiro atoms. The average Bonchev–Trinajstić information content (AvgIpc) is 2.99. The van der Waals surface area contributed by atoms with Crippen LogP contribution in [0.3, 0.4) is 0 Å². The van der Waals surface area contributed by atoms with Crippen molar-refractivity contribution in [1.29, 1.82) is 0 Å². The molecule has 2 aromatic rings. The molecule has 1 aliphatic carbocycles. The minimum atomic E-state index is -0.912. The Balaban J connectivity index is 1.60. The number of aromatic nitrogens is 1. The molecule has 1 N–H and O–H groups in total. The smallest absolute Gasteiger partial charge is 0.292 e. The van der Waals surface area contributed by atoms with Crippen molar-refractivity contribution < 1.29 is 9.47 Å². The minimum absolute atomic E-state index is 0.517. The van der Waals surface area contributed by atoms with Gasteiger partial charge in [-0.25, -0.2) is 0 Å². The molecule has 0 saturated heterocycles. The lowest BCUT2D eigenvalue weighted by Crippen LogP contribution is -2.33. The van der Waals surface area contributed by atoms with E-state index in [4.69, 9.17) is 21.1 Å². The molecular formula is C20H23ClN2O2. The summed E-state index contributed by atoms with van der Waals surface area (Å²) in [7, 11) is 2.05. The Morgan fingerprint density at radius 3 is 2.60 bits per heavy atom. The van der Waals surface area contributed by atoms with Crippen molar-refractivity contribution >= 4 is 11.6 Å². The van der Waals surface area contributed by atoms with Crippen molar-refractivity contribution in [3.63, 3.8) is 0 Å². The fourth-order valence-corrected chi connectivity index (χ4v) is 4.02. The standard InChI is InChI=1S/C20H23ClN2O2/c1-20(18-11-8-14(21)12-23-18)24-17-5-3-4-16(19(17)25-20)13-6-9-15(22-2)10-7-13/h3-5,8,11-13,15,22H,6-7,9-10H2,1-2H3/t13?,15?,20-/m0/s1. The van der Waals surface area contributed by atoms with E-state index in [1.165, 1.54) is 31.2 Å². The van der Waals surface area contributed by atoms with Crippen LogP contribution >= 0.6 is 11.6 Å². The number of benzene rings is 1. The van der Waals surface area contributed by atoms with Gasteiger partial charge in [0.15, 0.2) is 11.5 Å². The number of halogens is 1. The van der Waals surface area contributed by atoms with Gasteiger partial charge in [0.05, 0.1) is 5.02 Å². The van der Waals surface area contributed by atoms with E-state index in [2.05, 4.69) is 22.4 Å². The van der Waals surface area contributed by atoms with Gasteiger partial charge in [-0.05, 0) is 56.8 Å². The molecule has 4 nitrogen and oxygen atoms in total. The van der Waals surface area contributed by atoms with Gasteiger partial charge in [0.2, 0.25) is 0 Å². The highest BCUT2D eigenvalue weighted by atomic mass is 35.5. The van der Waals surface area contributed by atoms with Crippen LogP contribution in [0.5, 0.6) is 11.5 Å². The fourth-order valence-electron chi connectivity index (χ4n) is 3.91. The molecule has 1 saturated carbocycles.